The third-order valence-electron chi connectivity index (χ3n) is 3.97. The fourth-order valence-corrected chi connectivity index (χ4v) is 3.40. The Balaban J connectivity index is 2.29. The van der Waals surface area contributed by atoms with Gasteiger partial charge >= 0.3 is 0 Å². The molecule has 1 aliphatic rings. The molecule has 0 saturated heterocycles. The van der Waals surface area contributed by atoms with Crippen LogP contribution in [0.4, 0.5) is 11.4 Å². The van der Waals surface area contributed by atoms with E-state index in [4.69, 9.17) is 5.73 Å². The zero-order chi connectivity index (χ0) is 14.7. The van der Waals surface area contributed by atoms with E-state index in [0.717, 1.165) is 41.5 Å². The number of halogens is 1. The minimum Gasteiger partial charge on any atom is -0.363 e. The van der Waals surface area contributed by atoms with Crippen LogP contribution < -0.4 is 10.6 Å². The highest BCUT2D eigenvalue weighted by Gasteiger charge is 2.27. The van der Waals surface area contributed by atoms with Crippen LogP contribution in [-0.4, -0.2) is 23.6 Å². The average molecular weight is 389 g/mol. The number of benzene rings is 1. The maximum atomic E-state index is 11.3. The van der Waals surface area contributed by atoms with Gasteiger partial charge in [-0.2, -0.15) is 0 Å². The first-order chi connectivity index (χ1) is 9.52. The predicted octanol–water partition coefficient (Wildman–Crippen LogP) is 3.30. The number of anilines is 1. The molecule has 0 unspecified atom stereocenters. The molecular weight excluding hydrogens is 369 g/mol. The molecule has 0 atom stereocenters. The van der Waals surface area contributed by atoms with Gasteiger partial charge in [0.25, 0.3) is 5.69 Å². The van der Waals surface area contributed by atoms with E-state index in [1.165, 1.54) is 0 Å². The fourth-order valence-electron chi connectivity index (χ4n) is 2.92. The molecule has 1 fully saturated rings. The smallest absolute Gasteiger partial charge is 0.293 e. The molecule has 1 aromatic carbocycles. The number of nitro groups is 1. The summed E-state index contributed by atoms with van der Waals surface area (Å²) in [5.41, 5.74) is 6.88. The van der Waals surface area contributed by atoms with Gasteiger partial charge in [-0.15, -0.1) is 0 Å². The van der Waals surface area contributed by atoms with Crippen LogP contribution in [0.2, 0.25) is 0 Å². The molecule has 2 rings (SSSR count). The highest BCUT2D eigenvalue weighted by atomic mass is 127. The summed E-state index contributed by atoms with van der Waals surface area (Å²) in [5.74, 6) is 0. The van der Waals surface area contributed by atoms with Gasteiger partial charge in [-0.1, -0.05) is 0 Å². The number of rotatable bonds is 4. The topological polar surface area (TPSA) is 72.4 Å². The fraction of sp³-hybridized carbons (Fsp3) is 0.571. The van der Waals surface area contributed by atoms with E-state index < -0.39 is 0 Å². The predicted molar refractivity (Wildman–Crippen MR) is 89.1 cm³/mol. The second-order valence-electron chi connectivity index (χ2n) is 5.24. The van der Waals surface area contributed by atoms with E-state index in [9.17, 15) is 10.1 Å². The normalized spacial score (nSPS) is 22.6. The van der Waals surface area contributed by atoms with Crippen molar-refractivity contribution in [2.75, 3.05) is 11.4 Å². The van der Waals surface area contributed by atoms with Crippen LogP contribution in [0.15, 0.2) is 18.2 Å². The molecular formula is C14H20IN3O2. The Morgan fingerprint density at radius 2 is 2.05 bits per heavy atom. The molecule has 0 aliphatic heterocycles. The maximum Gasteiger partial charge on any atom is 0.293 e. The number of nitrogens with two attached hydrogens (primary N) is 1. The minimum atomic E-state index is -0.283. The summed E-state index contributed by atoms with van der Waals surface area (Å²) in [4.78, 5) is 13.2. The van der Waals surface area contributed by atoms with E-state index in [2.05, 4.69) is 34.4 Å². The third-order valence-corrected chi connectivity index (χ3v) is 4.64. The van der Waals surface area contributed by atoms with E-state index in [0.29, 0.717) is 6.04 Å². The van der Waals surface area contributed by atoms with Gasteiger partial charge in [0.2, 0.25) is 0 Å². The molecule has 20 heavy (non-hydrogen) atoms. The summed E-state index contributed by atoms with van der Waals surface area (Å²) in [7, 11) is 0. The van der Waals surface area contributed by atoms with Crippen LogP contribution in [0.3, 0.4) is 0 Å². The first kappa shape index (κ1) is 15.5. The van der Waals surface area contributed by atoms with Crippen LogP contribution >= 0.6 is 22.6 Å². The van der Waals surface area contributed by atoms with Gasteiger partial charge < -0.3 is 10.6 Å². The lowest BCUT2D eigenvalue weighted by Crippen LogP contribution is -2.41. The SMILES string of the molecule is CCN(c1ccc(I)cc1[N+](=O)[O-])C1CCC(N)CC1. The Labute approximate surface area is 132 Å². The van der Waals surface area contributed by atoms with Crippen LogP contribution in [-0.2, 0) is 0 Å². The van der Waals surface area contributed by atoms with Crippen LogP contribution in [0.1, 0.15) is 32.6 Å². The average Bonchev–Trinajstić information content (AvgIpc) is 2.43. The Morgan fingerprint density at radius 3 is 2.60 bits per heavy atom. The van der Waals surface area contributed by atoms with Gasteiger partial charge in [-0.25, -0.2) is 0 Å². The van der Waals surface area contributed by atoms with Gasteiger partial charge in [-0.3, -0.25) is 10.1 Å². The van der Waals surface area contributed by atoms with E-state index in [1.807, 2.05) is 12.1 Å². The number of hydrogen-bond acceptors (Lipinski definition) is 4. The summed E-state index contributed by atoms with van der Waals surface area (Å²) in [5, 5.41) is 11.3. The molecule has 0 spiro atoms. The van der Waals surface area contributed by atoms with Gasteiger partial charge in [0.15, 0.2) is 0 Å². The van der Waals surface area contributed by atoms with Crippen molar-refractivity contribution < 1.29 is 4.92 Å². The largest absolute Gasteiger partial charge is 0.363 e. The van der Waals surface area contributed by atoms with Gasteiger partial charge in [0, 0.05) is 28.3 Å². The minimum absolute atomic E-state index is 0.202. The molecule has 5 nitrogen and oxygen atoms in total. The molecule has 1 saturated carbocycles. The maximum absolute atomic E-state index is 11.3. The van der Waals surface area contributed by atoms with Crippen molar-refractivity contribution in [3.05, 3.63) is 31.9 Å². The van der Waals surface area contributed by atoms with Crippen molar-refractivity contribution in [2.45, 2.75) is 44.7 Å². The van der Waals surface area contributed by atoms with E-state index in [1.54, 1.807) is 6.07 Å². The highest BCUT2D eigenvalue weighted by Crippen LogP contribution is 2.34. The highest BCUT2D eigenvalue weighted by molar-refractivity contribution is 14.1. The number of nitro benzene ring substituents is 1. The lowest BCUT2D eigenvalue weighted by Gasteiger charge is -2.36. The van der Waals surface area contributed by atoms with Crippen molar-refractivity contribution >= 4 is 34.0 Å². The number of hydrogen-bond donors (Lipinski definition) is 1. The zero-order valence-corrected chi connectivity index (χ0v) is 13.7. The number of nitrogens with zero attached hydrogens (tertiary/aromatic N) is 2. The second kappa shape index (κ2) is 6.71. The summed E-state index contributed by atoms with van der Waals surface area (Å²) >= 11 is 2.11. The van der Waals surface area contributed by atoms with Gasteiger partial charge in [0.05, 0.1) is 4.92 Å². The summed E-state index contributed by atoms with van der Waals surface area (Å²) in [6.07, 6.45) is 4.02. The van der Waals surface area contributed by atoms with Crippen LogP contribution in [0.5, 0.6) is 0 Å². The summed E-state index contributed by atoms with van der Waals surface area (Å²) in [6.45, 7) is 2.83. The van der Waals surface area contributed by atoms with Crippen molar-refractivity contribution in [1.29, 1.82) is 0 Å². The Morgan fingerprint density at radius 1 is 1.40 bits per heavy atom. The van der Waals surface area contributed by atoms with Crippen LogP contribution in [0, 0.1) is 13.7 Å². The quantitative estimate of drug-likeness (QED) is 0.487. The molecule has 1 aliphatic carbocycles. The van der Waals surface area contributed by atoms with Crippen molar-refractivity contribution in [3.63, 3.8) is 0 Å². The second-order valence-corrected chi connectivity index (χ2v) is 6.49. The van der Waals surface area contributed by atoms with Gasteiger partial charge in [0.1, 0.15) is 5.69 Å². The Bertz CT molecular complexity index is 487. The molecule has 2 N–H and O–H groups in total. The van der Waals surface area contributed by atoms with Crippen LogP contribution in [0.25, 0.3) is 0 Å². The molecule has 0 bridgehead atoms. The van der Waals surface area contributed by atoms with E-state index in [-0.39, 0.29) is 16.7 Å². The molecule has 0 radical (unpaired) electrons. The Hall–Kier alpha value is -0.890. The zero-order valence-electron chi connectivity index (χ0n) is 11.6. The summed E-state index contributed by atoms with van der Waals surface area (Å²) < 4.78 is 0.889. The third kappa shape index (κ3) is 3.41. The van der Waals surface area contributed by atoms with Crippen molar-refractivity contribution in [2.24, 2.45) is 5.73 Å². The molecule has 6 heteroatoms. The summed E-state index contributed by atoms with van der Waals surface area (Å²) in [6, 6.07) is 6.10. The lowest BCUT2D eigenvalue weighted by molar-refractivity contribution is -0.384. The molecule has 0 aromatic heterocycles. The Kier molecular flexibility index (Phi) is 5.20. The van der Waals surface area contributed by atoms with Crippen molar-refractivity contribution in [3.8, 4) is 0 Å². The molecule has 1 aromatic rings. The first-order valence-electron chi connectivity index (χ1n) is 6.99. The van der Waals surface area contributed by atoms with Crippen molar-refractivity contribution in [1.82, 2.24) is 0 Å². The molecule has 0 amide bonds. The van der Waals surface area contributed by atoms with Gasteiger partial charge in [-0.05, 0) is 67.3 Å². The molecule has 110 valence electrons. The molecule has 0 heterocycles. The monoisotopic (exact) mass is 389 g/mol. The first-order valence-corrected chi connectivity index (χ1v) is 8.07. The standard InChI is InChI=1S/C14H20IN3O2/c1-2-17(12-6-4-11(16)5-7-12)13-8-3-10(15)9-14(13)18(19)20/h3,8-9,11-12H,2,4-7,16H2,1H3. The van der Waals surface area contributed by atoms with E-state index >= 15 is 0 Å². The lowest BCUT2D eigenvalue weighted by atomic mass is 9.90.